The van der Waals surface area contributed by atoms with Crippen molar-refractivity contribution in [1.82, 2.24) is 0 Å². The fourth-order valence-electron chi connectivity index (χ4n) is 3.66. The van der Waals surface area contributed by atoms with Crippen LogP contribution in [0, 0.1) is 12.3 Å². The topological polar surface area (TPSA) is 73.6 Å². The number of halogens is 1. The molecule has 5 nitrogen and oxygen atoms in total. The highest BCUT2D eigenvalue weighted by Crippen LogP contribution is 2.50. The number of anilines is 1. The van der Waals surface area contributed by atoms with E-state index in [9.17, 15) is 4.79 Å². The SMILES string of the molecule is CCOC1CC(N)(C(=O)Nc2cccc(OCc3ccccc3C)c2)C1(C)C.Cl. The summed E-state index contributed by atoms with van der Waals surface area (Å²) in [6, 6.07) is 15.5. The van der Waals surface area contributed by atoms with Gasteiger partial charge in [-0.05, 0) is 37.1 Å². The molecule has 158 valence electrons. The number of carbonyl (C=O) groups is 1. The van der Waals surface area contributed by atoms with Crippen molar-refractivity contribution in [3.63, 3.8) is 0 Å². The van der Waals surface area contributed by atoms with Gasteiger partial charge in [-0.3, -0.25) is 4.79 Å². The first kappa shape index (κ1) is 23.2. The van der Waals surface area contributed by atoms with Crippen molar-refractivity contribution in [2.24, 2.45) is 11.1 Å². The molecular formula is C23H31ClN2O3. The molecule has 1 aliphatic rings. The fourth-order valence-corrected chi connectivity index (χ4v) is 3.66. The Hall–Kier alpha value is -2.08. The van der Waals surface area contributed by atoms with Gasteiger partial charge in [-0.1, -0.05) is 44.2 Å². The van der Waals surface area contributed by atoms with E-state index in [1.54, 1.807) is 0 Å². The van der Waals surface area contributed by atoms with Gasteiger partial charge in [-0.15, -0.1) is 12.4 Å². The third-order valence-corrected chi connectivity index (χ3v) is 5.98. The summed E-state index contributed by atoms with van der Waals surface area (Å²) in [6.45, 7) is 9.08. The molecule has 1 saturated carbocycles. The summed E-state index contributed by atoms with van der Waals surface area (Å²) >= 11 is 0. The summed E-state index contributed by atoms with van der Waals surface area (Å²) in [4.78, 5) is 12.9. The van der Waals surface area contributed by atoms with Crippen molar-refractivity contribution in [2.45, 2.75) is 52.4 Å². The zero-order valence-corrected chi connectivity index (χ0v) is 18.3. The number of aryl methyl sites for hydroxylation is 1. The van der Waals surface area contributed by atoms with Crippen molar-refractivity contribution in [3.8, 4) is 5.75 Å². The number of ether oxygens (including phenoxy) is 2. The first-order chi connectivity index (χ1) is 13.3. The molecule has 0 bridgehead atoms. The lowest BCUT2D eigenvalue weighted by atomic mass is 9.54. The molecule has 29 heavy (non-hydrogen) atoms. The Morgan fingerprint density at radius 3 is 2.59 bits per heavy atom. The van der Waals surface area contributed by atoms with E-state index < -0.39 is 11.0 Å². The average molecular weight is 419 g/mol. The molecule has 0 heterocycles. The van der Waals surface area contributed by atoms with E-state index >= 15 is 0 Å². The highest BCUT2D eigenvalue weighted by atomic mass is 35.5. The maximum Gasteiger partial charge on any atom is 0.245 e. The highest BCUT2D eigenvalue weighted by molar-refractivity contribution is 5.99. The van der Waals surface area contributed by atoms with Gasteiger partial charge in [0.15, 0.2) is 0 Å². The molecule has 0 aromatic heterocycles. The molecule has 2 aromatic carbocycles. The number of hydrogen-bond donors (Lipinski definition) is 2. The molecule has 6 heteroatoms. The highest BCUT2D eigenvalue weighted by Gasteiger charge is 2.62. The molecule has 0 aliphatic heterocycles. The zero-order chi connectivity index (χ0) is 20.4. The van der Waals surface area contributed by atoms with Gasteiger partial charge in [-0.25, -0.2) is 0 Å². The number of hydrogen-bond acceptors (Lipinski definition) is 4. The minimum atomic E-state index is -0.954. The lowest BCUT2D eigenvalue weighted by Crippen LogP contribution is -2.74. The van der Waals surface area contributed by atoms with Crippen molar-refractivity contribution < 1.29 is 14.3 Å². The van der Waals surface area contributed by atoms with Crippen LogP contribution < -0.4 is 15.8 Å². The van der Waals surface area contributed by atoms with Crippen LogP contribution >= 0.6 is 12.4 Å². The summed E-state index contributed by atoms with van der Waals surface area (Å²) in [5.41, 5.74) is 8.08. The molecule has 1 fully saturated rings. The largest absolute Gasteiger partial charge is 0.489 e. The molecule has 0 spiro atoms. The third kappa shape index (κ3) is 4.58. The quantitative estimate of drug-likeness (QED) is 0.695. The second-order valence-electron chi connectivity index (χ2n) is 8.04. The van der Waals surface area contributed by atoms with Crippen molar-refractivity contribution in [2.75, 3.05) is 11.9 Å². The molecule has 1 amide bonds. The van der Waals surface area contributed by atoms with Crippen LogP contribution in [0.15, 0.2) is 48.5 Å². The zero-order valence-electron chi connectivity index (χ0n) is 17.5. The smallest absolute Gasteiger partial charge is 0.245 e. The summed E-state index contributed by atoms with van der Waals surface area (Å²) in [5, 5.41) is 2.95. The van der Waals surface area contributed by atoms with Gasteiger partial charge in [-0.2, -0.15) is 0 Å². The molecule has 3 rings (SSSR count). The lowest BCUT2D eigenvalue weighted by molar-refractivity contribution is -0.166. The molecule has 1 aliphatic carbocycles. The Morgan fingerprint density at radius 1 is 1.21 bits per heavy atom. The van der Waals surface area contributed by atoms with Crippen LogP contribution in [-0.2, 0) is 16.1 Å². The normalized spacial score (nSPS) is 22.2. The number of nitrogens with one attached hydrogen (secondary N) is 1. The Bertz CT molecular complexity index is 856. The summed E-state index contributed by atoms with van der Waals surface area (Å²) < 4.78 is 11.6. The maximum atomic E-state index is 12.9. The first-order valence-electron chi connectivity index (χ1n) is 9.77. The second-order valence-corrected chi connectivity index (χ2v) is 8.04. The molecular weight excluding hydrogens is 388 g/mol. The Labute approximate surface area is 179 Å². The van der Waals surface area contributed by atoms with E-state index in [2.05, 4.69) is 18.3 Å². The van der Waals surface area contributed by atoms with Crippen LogP contribution in [0.4, 0.5) is 5.69 Å². The minimum Gasteiger partial charge on any atom is -0.489 e. The third-order valence-electron chi connectivity index (χ3n) is 5.98. The van der Waals surface area contributed by atoms with Crippen LogP contribution in [-0.4, -0.2) is 24.2 Å². The molecule has 3 N–H and O–H groups in total. The number of benzene rings is 2. The van der Waals surface area contributed by atoms with Gasteiger partial charge in [0.25, 0.3) is 0 Å². The number of nitrogens with two attached hydrogens (primary N) is 1. The molecule has 0 saturated heterocycles. The number of amides is 1. The summed E-state index contributed by atoms with van der Waals surface area (Å²) in [6.07, 6.45) is 0.514. The van der Waals surface area contributed by atoms with Gasteiger partial charge in [0.1, 0.15) is 17.9 Å². The van der Waals surface area contributed by atoms with E-state index in [1.807, 2.05) is 63.2 Å². The average Bonchev–Trinajstić information content (AvgIpc) is 2.67. The minimum absolute atomic E-state index is 0. The lowest BCUT2D eigenvalue weighted by Gasteiger charge is -2.57. The predicted molar refractivity (Wildman–Crippen MR) is 119 cm³/mol. The van der Waals surface area contributed by atoms with Crippen LogP contribution in [0.1, 0.15) is 38.3 Å². The Morgan fingerprint density at radius 2 is 1.93 bits per heavy atom. The maximum absolute atomic E-state index is 12.9. The van der Waals surface area contributed by atoms with Gasteiger partial charge in [0.2, 0.25) is 5.91 Å². The van der Waals surface area contributed by atoms with Crippen molar-refractivity contribution in [3.05, 3.63) is 59.7 Å². The molecule has 2 unspecified atom stereocenters. The Kier molecular flexibility index (Phi) is 7.33. The van der Waals surface area contributed by atoms with E-state index in [4.69, 9.17) is 15.2 Å². The van der Waals surface area contributed by atoms with Crippen LogP contribution in [0.25, 0.3) is 0 Å². The van der Waals surface area contributed by atoms with Crippen LogP contribution in [0.5, 0.6) is 5.75 Å². The molecule has 2 aromatic rings. The predicted octanol–water partition coefficient (Wildman–Crippen LogP) is 4.47. The van der Waals surface area contributed by atoms with Gasteiger partial charge in [0.05, 0.1) is 6.10 Å². The van der Waals surface area contributed by atoms with E-state index in [0.29, 0.717) is 31.1 Å². The van der Waals surface area contributed by atoms with Gasteiger partial charge in [0, 0.05) is 30.2 Å². The van der Waals surface area contributed by atoms with Gasteiger partial charge < -0.3 is 20.5 Å². The second kappa shape index (κ2) is 9.16. The number of carbonyl (C=O) groups excluding carboxylic acids is 1. The summed E-state index contributed by atoms with van der Waals surface area (Å²) in [7, 11) is 0. The Balaban J connectivity index is 0.00000300. The molecule has 2 atom stereocenters. The monoisotopic (exact) mass is 418 g/mol. The van der Waals surface area contributed by atoms with Gasteiger partial charge >= 0.3 is 0 Å². The molecule has 0 radical (unpaired) electrons. The van der Waals surface area contributed by atoms with Crippen LogP contribution in [0.2, 0.25) is 0 Å². The summed E-state index contributed by atoms with van der Waals surface area (Å²) in [5.74, 6) is 0.511. The standard InChI is InChI=1S/C23H30N2O3.ClH/c1-5-27-20-14-23(24,22(20,3)4)21(26)25-18-11-8-12-19(13-18)28-15-17-10-7-6-9-16(17)2;/h6-13,20H,5,14-15,24H2,1-4H3,(H,25,26);1H. The van der Waals surface area contributed by atoms with E-state index in [1.165, 1.54) is 5.56 Å². The fraction of sp³-hybridized carbons (Fsp3) is 0.435. The van der Waals surface area contributed by atoms with Crippen LogP contribution in [0.3, 0.4) is 0 Å². The van der Waals surface area contributed by atoms with E-state index in [-0.39, 0.29) is 24.4 Å². The van der Waals surface area contributed by atoms with Crippen molar-refractivity contribution >= 4 is 24.0 Å². The van der Waals surface area contributed by atoms with E-state index in [0.717, 1.165) is 5.56 Å². The number of rotatable bonds is 7. The van der Waals surface area contributed by atoms with Crippen molar-refractivity contribution in [1.29, 1.82) is 0 Å². The first-order valence-corrected chi connectivity index (χ1v) is 9.77.